The van der Waals surface area contributed by atoms with Gasteiger partial charge in [-0.15, -0.1) is 0 Å². The van der Waals surface area contributed by atoms with Crippen molar-refractivity contribution in [2.45, 2.75) is 32.0 Å². The predicted molar refractivity (Wildman–Crippen MR) is 86.4 cm³/mol. The first-order chi connectivity index (χ1) is 10.8. The summed E-state index contributed by atoms with van der Waals surface area (Å²) in [6, 6.07) is 6.43. The van der Waals surface area contributed by atoms with E-state index in [2.05, 4.69) is 6.58 Å². The van der Waals surface area contributed by atoms with Crippen LogP contribution in [0.4, 0.5) is 0 Å². The number of benzene rings is 1. The molecule has 0 fully saturated rings. The highest BCUT2D eigenvalue weighted by atomic mass is 32.2. The van der Waals surface area contributed by atoms with Crippen molar-refractivity contribution in [3.63, 3.8) is 0 Å². The van der Waals surface area contributed by atoms with Crippen molar-refractivity contribution < 1.29 is 26.8 Å². The summed E-state index contributed by atoms with van der Waals surface area (Å²) in [5.74, 6) is 0.633. The molecule has 0 aliphatic carbocycles. The van der Waals surface area contributed by atoms with Gasteiger partial charge in [-0.25, -0.2) is 4.18 Å². The van der Waals surface area contributed by atoms with Crippen LogP contribution in [0.1, 0.15) is 19.4 Å². The van der Waals surface area contributed by atoms with Gasteiger partial charge in [0.05, 0.1) is 30.5 Å². The van der Waals surface area contributed by atoms with E-state index in [9.17, 15) is 8.42 Å². The van der Waals surface area contributed by atoms with Crippen LogP contribution in [0.2, 0.25) is 0 Å². The molecule has 7 heteroatoms. The Bertz CT molecular complexity index is 579. The Hall–Kier alpha value is -1.41. The fourth-order valence-electron chi connectivity index (χ4n) is 1.62. The molecule has 0 bridgehead atoms. The van der Waals surface area contributed by atoms with Crippen LogP contribution in [-0.2, 0) is 28.5 Å². The summed E-state index contributed by atoms with van der Waals surface area (Å²) in [7, 11) is -3.83. The average Bonchev–Trinajstić information content (AvgIpc) is 2.45. The van der Waals surface area contributed by atoms with Crippen LogP contribution >= 0.6 is 0 Å². The summed E-state index contributed by atoms with van der Waals surface area (Å²) in [4.78, 5) is 0.103. The zero-order valence-electron chi connectivity index (χ0n) is 13.8. The van der Waals surface area contributed by atoms with E-state index in [-0.39, 0.29) is 11.5 Å². The molecular formula is C16H24O6S. The van der Waals surface area contributed by atoms with Gasteiger partial charge in [0, 0.05) is 0 Å². The molecule has 0 amide bonds. The van der Waals surface area contributed by atoms with Gasteiger partial charge in [0.1, 0.15) is 6.61 Å². The lowest BCUT2D eigenvalue weighted by Gasteiger charge is -2.14. The Morgan fingerprint density at radius 2 is 1.74 bits per heavy atom. The van der Waals surface area contributed by atoms with Gasteiger partial charge in [-0.3, -0.25) is 0 Å². The normalized spacial score (nSPS) is 12.8. The molecule has 1 rings (SSSR count). The van der Waals surface area contributed by atoms with Crippen molar-refractivity contribution in [1.82, 2.24) is 0 Å². The molecule has 0 spiro atoms. The second kappa shape index (κ2) is 9.67. The first kappa shape index (κ1) is 19.6. The summed E-state index contributed by atoms with van der Waals surface area (Å²) < 4.78 is 44.7. The third kappa shape index (κ3) is 8.13. The molecule has 0 heterocycles. The van der Waals surface area contributed by atoms with Crippen molar-refractivity contribution in [2.24, 2.45) is 0 Å². The SMILES string of the molecule is C=C(C)OCCOCCOC(C)OS(=O)(=O)c1ccc(C)cc1. The molecule has 0 aromatic heterocycles. The summed E-state index contributed by atoms with van der Waals surface area (Å²) in [6.07, 6.45) is -0.892. The molecule has 1 aromatic rings. The second-order valence-electron chi connectivity index (χ2n) is 4.96. The highest BCUT2D eigenvalue weighted by Gasteiger charge is 2.19. The van der Waals surface area contributed by atoms with Crippen molar-refractivity contribution in [3.8, 4) is 0 Å². The van der Waals surface area contributed by atoms with Crippen molar-refractivity contribution in [2.75, 3.05) is 26.4 Å². The number of allylic oxidation sites excluding steroid dienone is 1. The van der Waals surface area contributed by atoms with Crippen LogP contribution in [0, 0.1) is 6.92 Å². The van der Waals surface area contributed by atoms with Crippen LogP contribution in [0.3, 0.4) is 0 Å². The molecule has 0 N–H and O–H groups in total. The highest BCUT2D eigenvalue weighted by molar-refractivity contribution is 7.86. The smallest absolute Gasteiger partial charge is 0.299 e. The first-order valence-electron chi connectivity index (χ1n) is 7.29. The van der Waals surface area contributed by atoms with E-state index < -0.39 is 16.4 Å². The molecular weight excluding hydrogens is 320 g/mol. The minimum atomic E-state index is -3.83. The standard InChI is InChI=1S/C16H24O6S/c1-13(2)20-11-9-19-10-12-21-15(4)22-23(17,18)16-7-5-14(3)6-8-16/h5-8,15H,1,9-12H2,2-4H3. The zero-order chi connectivity index (χ0) is 17.3. The Labute approximate surface area is 138 Å². The van der Waals surface area contributed by atoms with Gasteiger partial charge in [-0.1, -0.05) is 24.3 Å². The Kier molecular flexibility index (Phi) is 8.25. The molecule has 0 aliphatic rings. The Morgan fingerprint density at radius 3 is 2.35 bits per heavy atom. The van der Waals surface area contributed by atoms with Crippen molar-refractivity contribution in [1.29, 1.82) is 0 Å². The average molecular weight is 344 g/mol. The fraction of sp³-hybridized carbons (Fsp3) is 0.500. The van der Waals surface area contributed by atoms with Crippen LogP contribution in [-0.4, -0.2) is 41.1 Å². The second-order valence-corrected chi connectivity index (χ2v) is 6.54. The largest absolute Gasteiger partial charge is 0.496 e. The van der Waals surface area contributed by atoms with Gasteiger partial charge >= 0.3 is 0 Å². The van der Waals surface area contributed by atoms with Crippen molar-refractivity contribution >= 4 is 10.1 Å². The minimum Gasteiger partial charge on any atom is -0.496 e. The van der Waals surface area contributed by atoms with Gasteiger partial charge in [0.25, 0.3) is 10.1 Å². The minimum absolute atomic E-state index is 0.103. The highest BCUT2D eigenvalue weighted by Crippen LogP contribution is 2.15. The maximum absolute atomic E-state index is 12.0. The third-order valence-corrected chi connectivity index (χ3v) is 4.10. The van der Waals surface area contributed by atoms with E-state index in [1.807, 2.05) is 6.92 Å². The van der Waals surface area contributed by atoms with Gasteiger partial charge in [-0.2, -0.15) is 8.42 Å². The topological polar surface area (TPSA) is 71.1 Å². The first-order valence-corrected chi connectivity index (χ1v) is 8.69. The maximum Gasteiger partial charge on any atom is 0.299 e. The molecule has 1 unspecified atom stereocenters. The summed E-state index contributed by atoms with van der Waals surface area (Å²) in [5.41, 5.74) is 0.973. The lowest BCUT2D eigenvalue weighted by molar-refractivity contribution is -0.0820. The number of aryl methyl sites for hydroxylation is 1. The van der Waals surface area contributed by atoms with E-state index in [1.54, 1.807) is 19.1 Å². The van der Waals surface area contributed by atoms with Crippen LogP contribution < -0.4 is 0 Å². The molecule has 0 saturated heterocycles. The summed E-state index contributed by atoms with van der Waals surface area (Å²) >= 11 is 0. The number of hydrogen-bond acceptors (Lipinski definition) is 6. The predicted octanol–water partition coefficient (Wildman–Crippen LogP) is 2.63. The third-order valence-electron chi connectivity index (χ3n) is 2.73. The molecule has 23 heavy (non-hydrogen) atoms. The molecule has 1 atom stereocenters. The van der Waals surface area contributed by atoms with Gasteiger partial charge in [0.15, 0.2) is 6.29 Å². The van der Waals surface area contributed by atoms with E-state index in [1.165, 1.54) is 19.1 Å². The molecule has 6 nitrogen and oxygen atoms in total. The number of rotatable bonds is 11. The van der Waals surface area contributed by atoms with Gasteiger partial charge in [-0.05, 0) is 32.9 Å². The Balaban J connectivity index is 2.26. The fourth-order valence-corrected chi connectivity index (χ4v) is 2.61. The molecule has 0 aliphatic heterocycles. The van der Waals surface area contributed by atoms with Crippen LogP contribution in [0.25, 0.3) is 0 Å². The van der Waals surface area contributed by atoms with E-state index in [0.29, 0.717) is 25.6 Å². The lowest BCUT2D eigenvalue weighted by Crippen LogP contribution is -2.21. The van der Waals surface area contributed by atoms with Crippen LogP contribution in [0.5, 0.6) is 0 Å². The number of ether oxygens (including phenoxy) is 3. The zero-order valence-corrected chi connectivity index (χ0v) is 14.6. The van der Waals surface area contributed by atoms with E-state index in [4.69, 9.17) is 18.4 Å². The summed E-state index contributed by atoms with van der Waals surface area (Å²) in [6.45, 7) is 10.1. The quantitative estimate of drug-likeness (QED) is 0.266. The van der Waals surface area contributed by atoms with E-state index >= 15 is 0 Å². The Morgan fingerprint density at radius 1 is 1.13 bits per heavy atom. The summed E-state index contributed by atoms with van der Waals surface area (Å²) in [5, 5.41) is 0. The molecule has 130 valence electrons. The number of hydrogen-bond donors (Lipinski definition) is 0. The molecule has 1 aromatic carbocycles. The maximum atomic E-state index is 12.0. The molecule has 0 radical (unpaired) electrons. The van der Waals surface area contributed by atoms with Crippen LogP contribution in [0.15, 0.2) is 41.5 Å². The van der Waals surface area contributed by atoms with Crippen molar-refractivity contribution in [3.05, 3.63) is 42.2 Å². The monoisotopic (exact) mass is 344 g/mol. The van der Waals surface area contributed by atoms with Gasteiger partial charge in [0.2, 0.25) is 0 Å². The lowest BCUT2D eigenvalue weighted by atomic mass is 10.2. The van der Waals surface area contributed by atoms with Gasteiger partial charge < -0.3 is 14.2 Å². The molecule has 0 saturated carbocycles. The van der Waals surface area contributed by atoms with E-state index in [0.717, 1.165) is 5.56 Å².